The van der Waals surface area contributed by atoms with Crippen LogP contribution in [0.2, 0.25) is 0 Å². The van der Waals surface area contributed by atoms with Crippen molar-refractivity contribution in [3.63, 3.8) is 0 Å². The van der Waals surface area contributed by atoms with Crippen molar-refractivity contribution in [1.29, 1.82) is 0 Å². The Morgan fingerprint density at radius 2 is 2.24 bits per heavy atom. The van der Waals surface area contributed by atoms with Gasteiger partial charge in [0.05, 0.1) is 6.04 Å². The number of rotatable bonds is 5. The van der Waals surface area contributed by atoms with Gasteiger partial charge in [-0.25, -0.2) is 9.67 Å². The molecule has 2 aliphatic rings. The Kier molecular flexibility index (Phi) is 4.41. The first kappa shape index (κ1) is 14.4. The maximum absolute atomic E-state index is 4.70. The number of nitrogens with one attached hydrogen (secondary N) is 2. The predicted octanol–water partition coefficient (Wildman–Crippen LogP) is 1.78. The van der Waals surface area contributed by atoms with Crippen LogP contribution in [-0.4, -0.2) is 33.8 Å². The van der Waals surface area contributed by atoms with Crippen molar-refractivity contribution < 1.29 is 0 Å². The van der Waals surface area contributed by atoms with Gasteiger partial charge in [-0.15, -0.1) is 0 Å². The summed E-state index contributed by atoms with van der Waals surface area (Å²) in [5.41, 5.74) is 0. The molecule has 116 valence electrons. The molecule has 2 N–H and O–H groups in total. The largest absolute Gasteiger partial charge is 0.357 e. The lowest BCUT2D eigenvalue weighted by molar-refractivity contribution is 0.397. The highest BCUT2D eigenvalue weighted by Crippen LogP contribution is 2.32. The van der Waals surface area contributed by atoms with E-state index in [2.05, 4.69) is 27.6 Å². The molecule has 0 amide bonds. The highest BCUT2D eigenvalue weighted by molar-refractivity contribution is 5.80. The normalized spacial score (nSPS) is 22.0. The van der Waals surface area contributed by atoms with E-state index in [1.54, 1.807) is 0 Å². The average Bonchev–Trinajstić information content (AvgIpc) is 3.19. The molecular weight excluding hydrogens is 264 g/mol. The Morgan fingerprint density at radius 3 is 3.00 bits per heavy atom. The maximum Gasteiger partial charge on any atom is 0.191 e. The fourth-order valence-electron chi connectivity index (χ4n) is 2.86. The van der Waals surface area contributed by atoms with Gasteiger partial charge >= 0.3 is 0 Å². The van der Waals surface area contributed by atoms with Gasteiger partial charge < -0.3 is 10.6 Å². The zero-order chi connectivity index (χ0) is 14.7. The number of fused-ring (bicyclic) bond motifs is 1. The van der Waals surface area contributed by atoms with E-state index in [0.717, 1.165) is 56.0 Å². The van der Waals surface area contributed by atoms with Gasteiger partial charge in [-0.1, -0.05) is 12.8 Å². The minimum Gasteiger partial charge on any atom is -0.357 e. The lowest BCUT2D eigenvalue weighted by Gasteiger charge is -2.25. The summed E-state index contributed by atoms with van der Waals surface area (Å²) in [7, 11) is 0. The van der Waals surface area contributed by atoms with Gasteiger partial charge in [0.2, 0.25) is 0 Å². The zero-order valence-corrected chi connectivity index (χ0v) is 13.1. The molecule has 1 aliphatic heterocycles. The van der Waals surface area contributed by atoms with Crippen molar-refractivity contribution in [3.05, 3.63) is 11.6 Å². The van der Waals surface area contributed by atoms with E-state index in [1.165, 1.54) is 19.3 Å². The molecule has 1 aromatic rings. The van der Waals surface area contributed by atoms with E-state index in [9.17, 15) is 0 Å². The summed E-state index contributed by atoms with van der Waals surface area (Å²) < 4.78 is 2.03. The number of hydrogen-bond donors (Lipinski definition) is 2. The molecule has 1 unspecified atom stereocenters. The number of aromatic nitrogens is 3. The summed E-state index contributed by atoms with van der Waals surface area (Å²) in [6, 6.07) is 0.221. The molecule has 1 aromatic heterocycles. The number of aliphatic imine (C=N–C) groups is 1. The Morgan fingerprint density at radius 1 is 1.38 bits per heavy atom. The van der Waals surface area contributed by atoms with Crippen molar-refractivity contribution >= 4 is 5.96 Å². The van der Waals surface area contributed by atoms with Crippen LogP contribution in [0.3, 0.4) is 0 Å². The minimum atomic E-state index is 0.221. The molecule has 0 bridgehead atoms. The molecule has 1 aliphatic carbocycles. The SMILES string of the molecule is CCNC(=NCCC1CC1)NC1CCCn2nc(C)nc21. The first-order valence-electron chi connectivity index (χ1n) is 8.22. The molecule has 1 atom stereocenters. The molecule has 6 nitrogen and oxygen atoms in total. The standard InChI is InChI=1S/C15H26N6/c1-3-16-15(17-9-8-12-6-7-12)19-13-5-4-10-21-14(13)18-11(2)20-21/h12-13H,3-10H2,1-2H3,(H2,16,17,19). The summed E-state index contributed by atoms with van der Waals surface area (Å²) >= 11 is 0. The Labute approximate surface area is 126 Å². The van der Waals surface area contributed by atoms with Gasteiger partial charge in [0.25, 0.3) is 0 Å². The first-order valence-corrected chi connectivity index (χ1v) is 8.22. The minimum absolute atomic E-state index is 0.221. The summed E-state index contributed by atoms with van der Waals surface area (Å²) in [6.07, 6.45) is 6.23. The summed E-state index contributed by atoms with van der Waals surface area (Å²) in [5.74, 6) is 3.75. The first-order chi connectivity index (χ1) is 10.3. The van der Waals surface area contributed by atoms with Gasteiger partial charge in [0.1, 0.15) is 11.6 Å². The topological polar surface area (TPSA) is 67.1 Å². The molecule has 1 fully saturated rings. The van der Waals surface area contributed by atoms with Crippen LogP contribution in [0, 0.1) is 12.8 Å². The molecule has 0 radical (unpaired) electrons. The van der Waals surface area contributed by atoms with Crippen molar-refractivity contribution in [2.45, 2.75) is 58.5 Å². The van der Waals surface area contributed by atoms with Gasteiger partial charge in [0.15, 0.2) is 5.96 Å². The van der Waals surface area contributed by atoms with E-state index in [0.29, 0.717) is 0 Å². The zero-order valence-electron chi connectivity index (χ0n) is 13.1. The van der Waals surface area contributed by atoms with Crippen LogP contribution in [0.25, 0.3) is 0 Å². The van der Waals surface area contributed by atoms with Crippen LogP contribution in [0.4, 0.5) is 0 Å². The fraction of sp³-hybridized carbons (Fsp3) is 0.800. The predicted molar refractivity (Wildman–Crippen MR) is 83.2 cm³/mol. The van der Waals surface area contributed by atoms with Crippen LogP contribution in [-0.2, 0) is 6.54 Å². The second-order valence-electron chi connectivity index (χ2n) is 6.07. The second-order valence-corrected chi connectivity index (χ2v) is 6.07. The van der Waals surface area contributed by atoms with Crippen LogP contribution in [0.15, 0.2) is 4.99 Å². The Balaban J connectivity index is 1.64. The van der Waals surface area contributed by atoms with Crippen molar-refractivity contribution in [2.75, 3.05) is 13.1 Å². The van der Waals surface area contributed by atoms with E-state index in [4.69, 9.17) is 4.99 Å². The van der Waals surface area contributed by atoms with Crippen LogP contribution < -0.4 is 10.6 Å². The average molecular weight is 290 g/mol. The van der Waals surface area contributed by atoms with E-state index < -0.39 is 0 Å². The van der Waals surface area contributed by atoms with Gasteiger partial charge in [0, 0.05) is 19.6 Å². The van der Waals surface area contributed by atoms with Gasteiger partial charge in [-0.05, 0) is 39.0 Å². The number of hydrogen-bond acceptors (Lipinski definition) is 3. The quantitative estimate of drug-likeness (QED) is 0.641. The lowest BCUT2D eigenvalue weighted by atomic mass is 10.1. The summed E-state index contributed by atoms with van der Waals surface area (Å²) in [5, 5.41) is 11.3. The van der Waals surface area contributed by atoms with Crippen molar-refractivity contribution in [2.24, 2.45) is 10.9 Å². The van der Waals surface area contributed by atoms with Crippen LogP contribution >= 0.6 is 0 Å². The van der Waals surface area contributed by atoms with Gasteiger partial charge in [-0.2, -0.15) is 5.10 Å². The van der Waals surface area contributed by atoms with Crippen molar-refractivity contribution in [1.82, 2.24) is 25.4 Å². The third kappa shape index (κ3) is 3.74. The summed E-state index contributed by atoms with van der Waals surface area (Å²) in [6.45, 7) is 6.83. The molecule has 6 heteroatoms. The molecule has 0 spiro atoms. The molecular formula is C15H26N6. The maximum atomic E-state index is 4.70. The van der Waals surface area contributed by atoms with E-state index in [1.807, 2.05) is 11.6 Å². The second kappa shape index (κ2) is 6.45. The molecule has 0 aromatic carbocycles. The highest BCUT2D eigenvalue weighted by atomic mass is 15.4. The van der Waals surface area contributed by atoms with Crippen LogP contribution in [0.1, 0.15) is 56.7 Å². The highest BCUT2D eigenvalue weighted by Gasteiger charge is 2.24. The van der Waals surface area contributed by atoms with E-state index >= 15 is 0 Å². The summed E-state index contributed by atoms with van der Waals surface area (Å²) in [4.78, 5) is 9.28. The molecule has 1 saturated carbocycles. The lowest BCUT2D eigenvalue weighted by Crippen LogP contribution is -2.41. The molecule has 3 rings (SSSR count). The number of aryl methyl sites for hydroxylation is 2. The van der Waals surface area contributed by atoms with E-state index in [-0.39, 0.29) is 6.04 Å². The third-order valence-corrected chi connectivity index (χ3v) is 4.14. The third-order valence-electron chi connectivity index (χ3n) is 4.14. The smallest absolute Gasteiger partial charge is 0.191 e. The number of guanidine groups is 1. The number of nitrogens with zero attached hydrogens (tertiary/aromatic N) is 4. The molecule has 2 heterocycles. The monoisotopic (exact) mass is 290 g/mol. The van der Waals surface area contributed by atoms with Crippen molar-refractivity contribution in [3.8, 4) is 0 Å². The Bertz CT molecular complexity index is 502. The molecule has 0 saturated heterocycles. The van der Waals surface area contributed by atoms with Crippen LogP contribution in [0.5, 0.6) is 0 Å². The fourth-order valence-corrected chi connectivity index (χ4v) is 2.86. The van der Waals surface area contributed by atoms with Gasteiger partial charge in [-0.3, -0.25) is 4.99 Å². The Hall–Kier alpha value is -1.59. The molecule has 21 heavy (non-hydrogen) atoms.